The number of morpholine rings is 1. The van der Waals surface area contributed by atoms with Crippen LogP contribution in [0.15, 0.2) is 53.7 Å². The number of aliphatic imine (C=N–C) groups is 1. The zero-order valence-electron chi connectivity index (χ0n) is 19.6. The van der Waals surface area contributed by atoms with Gasteiger partial charge in [-0.15, -0.1) is 24.0 Å². The van der Waals surface area contributed by atoms with Crippen LogP contribution in [-0.2, 0) is 17.8 Å². The molecule has 33 heavy (non-hydrogen) atoms. The monoisotopic (exact) mass is 564 g/mol. The Labute approximate surface area is 215 Å². The number of likely N-dealkylation sites (tertiary alicyclic amines) is 1. The van der Waals surface area contributed by atoms with E-state index in [1.54, 1.807) is 0 Å². The summed E-state index contributed by atoms with van der Waals surface area (Å²) in [6, 6.07) is 15.4. The Balaban J connectivity index is 0.00000306. The zero-order chi connectivity index (χ0) is 22.0. The lowest BCUT2D eigenvalue weighted by Crippen LogP contribution is -2.44. The number of rotatable bonds is 8. The van der Waals surface area contributed by atoms with E-state index in [0.717, 1.165) is 69.8 Å². The van der Waals surface area contributed by atoms with Crippen molar-refractivity contribution >= 4 is 35.8 Å². The van der Waals surface area contributed by atoms with Crippen molar-refractivity contribution < 1.29 is 4.74 Å². The molecule has 180 valence electrons. The Hall–Kier alpha value is -1.91. The molecule has 3 heterocycles. The summed E-state index contributed by atoms with van der Waals surface area (Å²) in [7, 11) is 0. The Morgan fingerprint density at radius 1 is 1.09 bits per heavy atom. The van der Waals surface area contributed by atoms with E-state index in [1.165, 1.54) is 18.4 Å². The molecule has 2 aromatic rings. The molecule has 0 amide bonds. The Kier molecular flexibility index (Phi) is 10.7. The van der Waals surface area contributed by atoms with Gasteiger partial charge in [-0.25, -0.2) is 9.98 Å². The highest BCUT2D eigenvalue weighted by atomic mass is 127. The molecule has 2 aliphatic rings. The van der Waals surface area contributed by atoms with Crippen molar-refractivity contribution in [2.45, 2.75) is 38.9 Å². The average molecular weight is 565 g/mol. The van der Waals surface area contributed by atoms with Gasteiger partial charge < -0.3 is 20.3 Å². The number of hydrogen-bond acceptors (Lipinski definition) is 5. The number of halogens is 1. The van der Waals surface area contributed by atoms with E-state index in [9.17, 15) is 0 Å². The van der Waals surface area contributed by atoms with Crippen LogP contribution in [0.25, 0.3) is 0 Å². The first-order valence-corrected chi connectivity index (χ1v) is 11.9. The molecule has 8 heteroatoms. The molecule has 7 nitrogen and oxygen atoms in total. The van der Waals surface area contributed by atoms with Crippen LogP contribution in [0.5, 0.6) is 0 Å². The maximum Gasteiger partial charge on any atom is 0.191 e. The van der Waals surface area contributed by atoms with Gasteiger partial charge >= 0.3 is 0 Å². The second kappa shape index (κ2) is 13.7. The molecule has 1 aromatic carbocycles. The molecule has 1 unspecified atom stereocenters. The Morgan fingerprint density at radius 3 is 2.70 bits per heavy atom. The van der Waals surface area contributed by atoms with Crippen LogP contribution in [-0.4, -0.2) is 67.8 Å². The predicted molar refractivity (Wildman–Crippen MR) is 145 cm³/mol. The van der Waals surface area contributed by atoms with E-state index in [1.807, 2.05) is 12.3 Å². The van der Waals surface area contributed by atoms with Gasteiger partial charge in [0.05, 0.1) is 19.8 Å². The Bertz CT molecular complexity index is 859. The molecule has 2 fully saturated rings. The molecule has 2 aliphatic heterocycles. The number of anilines is 1. The van der Waals surface area contributed by atoms with Crippen LogP contribution in [0.2, 0.25) is 0 Å². The fraction of sp³-hybridized carbons (Fsp3) is 0.520. The van der Waals surface area contributed by atoms with E-state index in [2.05, 4.69) is 68.7 Å². The highest BCUT2D eigenvalue weighted by Crippen LogP contribution is 2.20. The first kappa shape index (κ1) is 25.7. The van der Waals surface area contributed by atoms with Crippen molar-refractivity contribution in [3.63, 3.8) is 0 Å². The number of hydrogen-bond donors (Lipinski definition) is 2. The average Bonchev–Trinajstić information content (AvgIpc) is 3.29. The third-order valence-corrected chi connectivity index (χ3v) is 6.16. The van der Waals surface area contributed by atoms with Gasteiger partial charge in [-0.05, 0) is 37.9 Å². The topological polar surface area (TPSA) is 65.0 Å². The van der Waals surface area contributed by atoms with Crippen LogP contribution in [0, 0.1) is 0 Å². The summed E-state index contributed by atoms with van der Waals surface area (Å²) in [6.45, 7) is 9.90. The van der Waals surface area contributed by atoms with E-state index in [0.29, 0.717) is 12.6 Å². The molecule has 0 radical (unpaired) electrons. The quantitative estimate of drug-likeness (QED) is 0.292. The van der Waals surface area contributed by atoms with Gasteiger partial charge in [0.15, 0.2) is 5.96 Å². The lowest BCUT2D eigenvalue weighted by Gasteiger charge is -2.29. The molecule has 1 atom stereocenters. The minimum absolute atomic E-state index is 0. The molecule has 1 aromatic heterocycles. The molecule has 2 saturated heterocycles. The zero-order valence-corrected chi connectivity index (χ0v) is 21.9. The minimum Gasteiger partial charge on any atom is -0.378 e. The molecule has 0 spiro atoms. The summed E-state index contributed by atoms with van der Waals surface area (Å²) in [6.07, 6.45) is 4.34. The number of aromatic nitrogens is 1. The first-order chi connectivity index (χ1) is 15.8. The van der Waals surface area contributed by atoms with Crippen molar-refractivity contribution in [2.75, 3.05) is 50.8 Å². The smallest absolute Gasteiger partial charge is 0.191 e. The van der Waals surface area contributed by atoms with Crippen LogP contribution in [0.4, 0.5) is 5.82 Å². The molecule has 0 bridgehead atoms. The van der Waals surface area contributed by atoms with Crippen LogP contribution < -0.4 is 15.5 Å². The predicted octanol–water partition coefficient (Wildman–Crippen LogP) is 3.26. The highest BCUT2D eigenvalue weighted by Gasteiger charge is 2.24. The number of pyridine rings is 1. The second-order valence-corrected chi connectivity index (χ2v) is 8.41. The van der Waals surface area contributed by atoms with Gasteiger partial charge in [0.25, 0.3) is 0 Å². The summed E-state index contributed by atoms with van der Waals surface area (Å²) in [5.74, 6) is 1.90. The standard InChI is InChI=1S/C25H36N6O.HI/c1-2-26-25(28-18-22-10-6-12-27-24(22)30-14-16-32-17-15-30)29-19-23-11-7-13-31(23)20-21-8-4-3-5-9-21;/h3-6,8-10,12,23H,2,7,11,13-20H2,1H3,(H2,26,28,29);1H. The molecular weight excluding hydrogens is 527 g/mol. The van der Waals surface area contributed by atoms with Crippen molar-refractivity contribution in [1.29, 1.82) is 0 Å². The third kappa shape index (κ3) is 7.55. The Morgan fingerprint density at radius 2 is 1.91 bits per heavy atom. The van der Waals surface area contributed by atoms with Gasteiger partial charge in [0.2, 0.25) is 0 Å². The summed E-state index contributed by atoms with van der Waals surface area (Å²) >= 11 is 0. The lowest BCUT2D eigenvalue weighted by molar-refractivity contribution is 0.122. The second-order valence-electron chi connectivity index (χ2n) is 8.41. The fourth-order valence-electron chi connectivity index (χ4n) is 4.49. The molecular formula is C25H37IN6O. The van der Waals surface area contributed by atoms with Crippen molar-refractivity contribution in [2.24, 2.45) is 4.99 Å². The van der Waals surface area contributed by atoms with Crippen molar-refractivity contribution in [1.82, 2.24) is 20.5 Å². The lowest BCUT2D eigenvalue weighted by atomic mass is 10.2. The molecule has 2 N–H and O–H groups in total. The molecule has 0 aliphatic carbocycles. The summed E-state index contributed by atoms with van der Waals surface area (Å²) < 4.78 is 5.50. The maximum absolute atomic E-state index is 5.50. The first-order valence-electron chi connectivity index (χ1n) is 11.9. The number of guanidine groups is 1. The van der Waals surface area contributed by atoms with E-state index in [-0.39, 0.29) is 24.0 Å². The van der Waals surface area contributed by atoms with E-state index in [4.69, 9.17) is 9.73 Å². The maximum atomic E-state index is 5.50. The normalized spacial score (nSPS) is 19.2. The van der Waals surface area contributed by atoms with E-state index >= 15 is 0 Å². The third-order valence-electron chi connectivity index (χ3n) is 6.16. The number of benzene rings is 1. The van der Waals surface area contributed by atoms with Crippen LogP contribution in [0.1, 0.15) is 30.9 Å². The van der Waals surface area contributed by atoms with Gasteiger partial charge in [0, 0.05) is 50.5 Å². The SMILES string of the molecule is CCNC(=NCc1cccnc1N1CCOCC1)NCC1CCCN1Cc1ccccc1.I. The van der Waals surface area contributed by atoms with Gasteiger partial charge in [-0.2, -0.15) is 0 Å². The van der Waals surface area contributed by atoms with Crippen LogP contribution in [0.3, 0.4) is 0 Å². The van der Waals surface area contributed by atoms with Gasteiger partial charge in [-0.1, -0.05) is 36.4 Å². The minimum atomic E-state index is 0. The van der Waals surface area contributed by atoms with Crippen LogP contribution >= 0.6 is 24.0 Å². The number of nitrogens with one attached hydrogen (secondary N) is 2. The van der Waals surface area contributed by atoms with Crippen molar-refractivity contribution in [3.8, 4) is 0 Å². The van der Waals surface area contributed by atoms with E-state index < -0.39 is 0 Å². The molecule has 0 saturated carbocycles. The summed E-state index contributed by atoms with van der Waals surface area (Å²) in [4.78, 5) is 14.4. The molecule has 4 rings (SSSR count). The summed E-state index contributed by atoms with van der Waals surface area (Å²) in [5, 5.41) is 7.00. The van der Waals surface area contributed by atoms with Crippen molar-refractivity contribution in [3.05, 3.63) is 59.8 Å². The number of ether oxygens (including phenoxy) is 1. The largest absolute Gasteiger partial charge is 0.378 e. The van der Waals surface area contributed by atoms with Gasteiger partial charge in [-0.3, -0.25) is 4.90 Å². The fourth-order valence-corrected chi connectivity index (χ4v) is 4.49. The highest BCUT2D eigenvalue weighted by molar-refractivity contribution is 14.0. The number of nitrogens with zero attached hydrogens (tertiary/aromatic N) is 4. The summed E-state index contributed by atoms with van der Waals surface area (Å²) in [5.41, 5.74) is 2.53. The van der Waals surface area contributed by atoms with Gasteiger partial charge in [0.1, 0.15) is 5.82 Å².